The lowest BCUT2D eigenvalue weighted by atomic mass is 10.1. The Kier molecular flexibility index (Phi) is 2.88. The van der Waals surface area contributed by atoms with E-state index in [2.05, 4.69) is 6.07 Å². The second-order valence-electron chi connectivity index (χ2n) is 4.09. The number of thioether (sulfide) groups is 1. The van der Waals surface area contributed by atoms with Gasteiger partial charge in [-0.3, -0.25) is 0 Å². The van der Waals surface area contributed by atoms with Crippen molar-refractivity contribution in [2.24, 2.45) is 5.41 Å². The summed E-state index contributed by atoms with van der Waals surface area (Å²) in [5.41, 5.74) is 0.238. The number of rotatable bonds is 4. The van der Waals surface area contributed by atoms with E-state index in [1.54, 1.807) is 17.8 Å². The molecule has 2 nitrogen and oxygen atoms in total. The molecule has 0 bridgehead atoms. The maximum Gasteiger partial charge on any atom is 0.129 e. The van der Waals surface area contributed by atoms with E-state index in [0.29, 0.717) is 12.2 Å². The predicted molar refractivity (Wildman–Crippen MR) is 60.7 cm³/mol. The Morgan fingerprint density at radius 3 is 2.73 bits per heavy atom. The molecule has 1 aliphatic carbocycles. The molecule has 1 N–H and O–H groups in total. The van der Waals surface area contributed by atoms with Gasteiger partial charge in [-0.1, -0.05) is 12.1 Å². The number of hydrogen-bond donors (Lipinski definition) is 1. The third kappa shape index (κ3) is 2.45. The molecule has 0 heterocycles. The minimum Gasteiger partial charge on any atom is -0.507 e. The van der Waals surface area contributed by atoms with E-state index in [0.717, 1.165) is 23.5 Å². The van der Waals surface area contributed by atoms with E-state index in [1.165, 1.54) is 0 Å². The van der Waals surface area contributed by atoms with Crippen LogP contribution in [0, 0.1) is 16.7 Å². The SMILES string of the molecule is N#CCC1(CSc2ccccc2O)CC1. The number of nitriles is 1. The van der Waals surface area contributed by atoms with Gasteiger partial charge in [0, 0.05) is 17.1 Å². The van der Waals surface area contributed by atoms with E-state index in [1.807, 2.05) is 18.2 Å². The molecule has 15 heavy (non-hydrogen) atoms. The van der Waals surface area contributed by atoms with E-state index >= 15 is 0 Å². The van der Waals surface area contributed by atoms with Crippen molar-refractivity contribution < 1.29 is 5.11 Å². The molecular weight excluding hydrogens is 206 g/mol. The number of phenolic OH excluding ortho intramolecular Hbond substituents is 1. The van der Waals surface area contributed by atoms with Crippen molar-refractivity contribution in [2.45, 2.75) is 24.2 Å². The zero-order chi connectivity index (χ0) is 10.7. The highest BCUT2D eigenvalue weighted by molar-refractivity contribution is 7.99. The summed E-state index contributed by atoms with van der Waals surface area (Å²) in [6.07, 6.45) is 2.95. The summed E-state index contributed by atoms with van der Waals surface area (Å²) in [5.74, 6) is 1.29. The minimum absolute atomic E-state index is 0.238. The van der Waals surface area contributed by atoms with Crippen LogP contribution in [0.25, 0.3) is 0 Å². The maximum absolute atomic E-state index is 9.57. The first kappa shape index (κ1) is 10.4. The summed E-state index contributed by atoms with van der Waals surface area (Å²) in [7, 11) is 0. The highest BCUT2D eigenvalue weighted by Gasteiger charge is 2.42. The van der Waals surface area contributed by atoms with Crippen LogP contribution in [0.1, 0.15) is 19.3 Å². The normalized spacial score (nSPS) is 17.0. The molecule has 1 fully saturated rings. The molecule has 0 saturated heterocycles. The first-order valence-electron chi connectivity index (χ1n) is 5.04. The first-order chi connectivity index (χ1) is 7.26. The summed E-state index contributed by atoms with van der Waals surface area (Å²) >= 11 is 1.66. The Labute approximate surface area is 93.9 Å². The summed E-state index contributed by atoms with van der Waals surface area (Å²) in [6.45, 7) is 0. The van der Waals surface area contributed by atoms with Gasteiger partial charge >= 0.3 is 0 Å². The smallest absolute Gasteiger partial charge is 0.129 e. The maximum atomic E-state index is 9.57. The minimum atomic E-state index is 0.238. The van der Waals surface area contributed by atoms with Crippen molar-refractivity contribution in [2.75, 3.05) is 5.75 Å². The topological polar surface area (TPSA) is 44.0 Å². The van der Waals surface area contributed by atoms with Crippen LogP contribution >= 0.6 is 11.8 Å². The number of phenols is 1. The Balaban J connectivity index is 1.94. The first-order valence-corrected chi connectivity index (χ1v) is 6.02. The average molecular weight is 219 g/mol. The van der Waals surface area contributed by atoms with Crippen molar-refractivity contribution in [1.29, 1.82) is 5.26 Å². The summed E-state index contributed by atoms with van der Waals surface area (Å²) in [5, 5.41) is 18.3. The van der Waals surface area contributed by atoms with Crippen molar-refractivity contribution in [3.63, 3.8) is 0 Å². The Morgan fingerprint density at radius 1 is 1.40 bits per heavy atom. The van der Waals surface area contributed by atoms with Crippen LogP contribution in [0.2, 0.25) is 0 Å². The van der Waals surface area contributed by atoms with E-state index in [-0.39, 0.29) is 5.41 Å². The highest BCUT2D eigenvalue weighted by atomic mass is 32.2. The van der Waals surface area contributed by atoms with Gasteiger partial charge in [0.05, 0.1) is 6.07 Å². The molecule has 0 aliphatic heterocycles. The van der Waals surface area contributed by atoms with E-state index in [9.17, 15) is 5.11 Å². The van der Waals surface area contributed by atoms with Gasteiger partial charge in [-0.05, 0) is 30.4 Å². The van der Waals surface area contributed by atoms with Gasteiger partial charge in [-0.25, -0.2) is 0 Å². The molecule has 0 radical (unpaired) electrons. The second-order valence-corrected chi connectivity index (χ2v) is 5.11. The van der Waals surface area contributed by atoms with Crippen molar-refractivity contribution in [3.05, 3.63) is 24.3 Å². The molecule has 2 rings (SSSR count). The Bertz CT molecular complexity index is 393. The molecule has 0 aromatic heterocycles. The average Bonchev–Trinajstić information content (AvgIpc) is 2.98. The molecule has 0 spiro atoms. The van der Waals surface area contributed by atoms with Crippen molar-refractivity contribution in [3.8, 4) is 11.8 Å². The van der Waals surface area contributed by atoms with Gasteiger partial charge in [0.2, 0.25) is 0 Å². The molecule has 1 aromatic rings. The van der Waals surface area contributed by atoms with Gasteiger partial charge in [0.25, 0.3) is 0 Å². The molecule has 1 saturated carbocycles. The standard InChI is InChI=1S/C12H13NOS/c13-8-7-12(5-6-12)9-15-11-4-2-1-3-10(11)14/h1-4,14H,5-7,9H2. The third-order valence-electron chi connectivity index (χ3n) is 2.81. The molecule has 0 atom stereocenters. The molecule has 1 aromatic carbocycles. The molecule has 78 valence electrons. The van der Waals surface area contributed by atoms with Crippen molar-refractivity contribution in [1.82, 2.24) is 0 Å². The quantitative estimate of drug-likeness (QED) is 0.791. The van der Waals surface area contributed by atoms with Gasteiger partial charge in [-0.15, -0.1) is 11.8 Å². The van der Waals surface area contributed by atoms with E-state index < -0.39 is 0 Å². The number of para-hydroxylation sites is 1. The van der Waals surface area contributed by atoms with Crippen LogP contribution in [0.4, 0.5) is 0 Å². The number of benzene rings is 1. The summed E-state index contributed by atoms with van der Waals surface area (Å²) < 4.78 is 0. The lowest BCUT2D eigenvalue weighted by molar-refractivity contribution is 0.462. The van der Waals surface area contributed by atoms with Crippen LogP contribution in [-0.2, 0) is 0 Å². The van der Waals surface area contributed by atoms with Gasteiger partial charge in [0.15, 0.2) is 0 Å². The fourth-order valence-corrected chi connectivity index (χ4v) is 2.77. The second kappa shape index (κ2) is 4.16. The van der Waals surface area contributed by atoms with Gasteiger partial charge in [-0.2, -0.15) is 5.26 Å². The molecule has 0 unspecified atom stereocenters. The number of aromatic hydroxyl groups is 1. The van der Waals surface area contributed by atoms with E-state index in [4.69, 9.17) is 5.26 Å². The largest absolute Gasteiger partial charge is 0.507 e. The van der Waals surface area contributed by atoms with Crippen LogP contribution in [-0.4, -0.2) is 10.9 Å². The fourth-order valence-electron chi connectivity index (χ4n) is 1.53. The lowest BCUT2D eigenvalue weighted by Gasteiger charge is -2.10. The number of hydrogen-bond acceptors (Lipinski definition) is 3. The fraction of sp³-hybridized carbons (Fsp3) is 0.417. The molecule has 3 heteroatoms. The predicted octanol–water partition coefficient (Wildman–Crippen LogP) is 3.18. The number of nitrogens with zero attached hydrogens (tertiary/aromatic N) is 1. The molecule has 1 aliphatic rings. The molecular formula is C12H13NOS. The Hall–Kier alpha value is -1.14. The monoisotopic (exact) mass is 219 g/mol. The van der Waals surface area contributed by atoms with Crippen LogP contribution in [0.15, 0.2) is 29.2 Å². The zero-order valence-electron chi connectivity index (χ0n) is 8.44. The lowest BCUT2D eigenvalue weighted by Crippen LogP contribution is -2.02. The van der Waals surface area contributed by atoms with Crippen LogP contribution < -0.4 is 0 Å². The Morgan fingerprint density at radius 2 is 2.13 bits per heavy atom. The van der Waals surface area contributed by atoms with Gasteiger partial charge in [0.1, 0.15) is 5.75 Å². The van der Waals surface area contributed by atoms with Crippen molar-refractivity contribution >= 4 is 11.8 Å². The third-order valence-corrected chi connectivity index (χ3v) is 4.22. The van der Waals surface area contributed by atoms with Crippen LogP contribution in [0.5, 0.6) is 5.75 Å². The summed E-state index contributed by atoms with van der Waals surface area (Å²) in [6, 6.07) is 9.61. The van der Waals surface area contributed by atoms with Crippen LogP contribution in [0.3, 0.4) is 0 Å². The van der Waals surface area contributed by atoms with Gasteiger partial charge < -0.3 is 5.11 Å². The summed E-state index contributed by atoms with van der Waals surface area (Å²) in [4.78, 5) is 0.918. The highest BCUT2D eigenvalue weighted by Crippen LogP contribution is 2.52. The zero-order valence-corrected chi connectivity index (χ0v) is 9.26. The molecule has 0 amide bonds.